The molecule has 0 heteroatoms. The topological polar surface area (TPSA) is 0 Å². The molecular weight excluding hydrogens is 673 g/mol. The van der Waals surface area contributed by atoms with E-state index in [0.29, 0.717) is 11.8 Å². The molecule has 0 nitrogen and oxygen atoms in total. The van der Waals surface area contributed by atoms with Crippen molar-refractivity contribution in [1.29, 1.82) is 0 Å². The van der Waals surface area contributed by atoms with Gasteiger partial charge in [-0.2, -0.15) is 0 Å². The molecule has 56 heavy (non-hydrogen) atoms. The lowest BCUT2D eigenvalue weighted by Crippen LogP contribution is -2.08. The molecule has 0 bridgehead atoms. The average molecular weight is 713 g/mol. The van der Waals surface area contributed by atoms with Gasteiger partial charge in [-0.15, -0.1) is 5.73 Å². The highest BCUT2D eigenvalue weighted by Crippen LogP contribution is 2.64. The number of hydrogen-bond donors (Lipinski definition) is 0. The third kappa shape index (κ3) is 6.17. The van der Waals surface area contributed by atoms with Gasteiger partial charge in [-0.05, 0) is 120 Å². The molecule has 10 rings (SSSR count). The van der Waals surface area contributed by atoms with Gasteiger partial charge in [0.1, 0.15) is 0 Å². The quantitative estimate of drug-likeness (QED) is 0.138. The maximum Gasteiger partial charge on any atom is -0.00141 e. The Labute approximate surface area is 330 Å². The molecule has 1 fully saturated rings. The highest BCUT2D eigenvalue weighted by atomic mass is 14.5. The SMILES string of the molecule is C1=CC(c2ccccc2)=C(c2ccccc2)C(c2ccc(C3=C(c4ccccc4)C4CC4C(c4ccccc4)=C3c3ccccc3)cc2)=C(c2ccccc2)C=1. The molecule has 264 valence electrons. The number of allylic oxidation sites excluding steroid dienone is 9. The zero-order chi connectivity index (χ0) is 37.3. The van der Waals surface area contributed by atoms with E-state index in [1.165, 1.54) is 72.4 Å². The first-order valence-electron chi connectivity index (χ1n) is 19.7. The van der Waals surface area contributed by atoms with Crippen LogP contribution in [0, 0.1) is 11.8 Å². The van der Waals surface area contributed by atoms with Crippen LogP contribution in [0.1, 0.15) is 50.9 Å². The molecule has 0 aromatic heterocycles. The van der Waals surface area contributed by atoms with Gasteiger partial charge in [0.05, 0.1) is 0 Å². The molecule has 2 atom stereocenters. The van der Waals surface area contributed by atoms with Gasteiger partial charge < -0.3 is 0 Å². The Morgan fingerprint density at radius 2 is 0.536 bits per heavy atom. The zero-order valence-electron chi connectivity index (χ0n) is 31.1. The average Bonchev–Trinajstić information content (AvgIpc) is 4.11. The molecule has 0 radical (unpaired) electrons. The Balaban J connectivity index is 1.23. The van der Waals surface area contributed by atoms with Crippen LogP contribution in [0.3, 0.4) is 0 Å². The predicted octanol–water partition coefficient (Wildman–Crippen LogP) is 14.1. The maximum absolute atomic E-state index is 3.61. The van der Waals surface area contributed by atoms with Gasteiger partial charge in [0, 0.05) is 0 Å². The first-order chi connectivity index (χ1) is 27.8. The monoisotopic (exact) mass is 712 g/mol. The van der Waals surface area contributed by atoms with E-state index < -0.39 is 0 Å². The van der Waals surface area contributed by atoms with E-state index in [1.807, 2.05) is 0 Å². The second kappa shape index (κ2) is 14.7. The van der Waals surface area contributed by atoms with E-state index in [2.05, 4.69) is 224 Å². The molecule has 0 N–H and O–H groups in total. The molecule has 3 aliphatic rings. The summed E-state index contributed by atoms with van der Waals surface area (Å²) in [6, 6.07) is 75.1. The van der Waals surface area contributed by atoms with Crippen molar-refractivity contribution in [3.63, 3.8) is 0 Å². The lowest BCUT2D eigenvalue weighted by Gasteiger charge is -2.28. The minimum absolute atomic E-state index is 0.473. The second-order valence-electron chi connectivity index (χ2n) is 14.8. The predicted molar refractivity (Wildman–Crippen MR) is 237 cm³/mol. The Kier molecular flexibility index (Phi) is 8.81. The fourth-order valence-corrected chi connectivity index (χ4v) is 8.95. The van der Waals surface area contributed by atoms with Crippen LogP contribution >= 0.6 is 0 Å². The van der Waals surface area contributed by atoms with Crippen molar-refractivity contribution >= 4 is 44.6 Å². The highest BCUT2D eigenvalue weighted by Gasteiger charge is 2.49. The van der Waals surface area contributed by atoms with Crippen molar-refractivity contribution in [2.75, 3.05) is 0 Å². The standard InChI is InChI=1S/C56H40/c1-7-20-39(21-8-1)47-32-19-33-48(40-22-9-2-10-23-40)52(51(47)41-24-11-3-12-25-41)45-34-36-46(37-35-45)56-54(43-28-15-5-16-29-43)50-38-49(50)53(42-26-13-4-14-27-42)55(56)44-30-17-6-18-31-44/h1-18,20-37,49-50H,38H2. The smallest absolute Gasteiger partial charge is 0.00141 e. The molecular formula is C56H40. The summed E-state index contributed by atoms with van der Waals surface area (Å²) in [4.78, 5) is 0. The molecule has 3 aliphatic carbocycles. The molecule has 7 aromatic carbocycles. The van der Waals surface area contributed by atoms with Crippen molar-refractivity contribution < 1.29 is 0 Å². The van der Waals surface area contributed by atoms with Gasteiger partial charge in [0.15, 0.2) is 0 Å². The summed E-state index contributed by atoms with van der Waals surface area (Å²) in [5, 5.41) is 0. The van der Waals surface area contributed by atoms with Crippen LogP contribution < -0.4 is 0 Å². The van der Waals surface area contributed by atoms with Gasteiger partial charge in [-0.1, -0.05) is 206 Å². The van der Waals surface area contributed by atoms with E-state index in [1.54, 1.807) is 0 Å². The maximum atomic E-state index is 3.61. The van der Waals surface area contributed by atoms with Crippen molar-refractivity contribution in [2.45, 2.75) is 6.42 Å². The molecule has 7 aromatic rings. The van der Waals surface area contributed by atoms with Gasteiger partial charge in [-0.25, -0.2) is 0 Å². The summed E-state index contributed by atoms with van der Waals surface area (Å²) in [6.07, 6.45) is 5.49. The molecule has 0 amide bonds. The number of hydrogen-bond acceptors (Lipinski definition) is 0. The lowest BCUT2D eigenvalue weighted by molar-refractivity contribution is 1.02. The molecule has 1 saturated carbocycles. The van der Waals surface area contributed by atoms with Crippen molar-refractivity contribution in [3.8, 4) is 0 Å². The summed E-state index contributed by atoms with van der Waals surface area (Å²) in [5.41, 5.74) is 23.7. The van der Waals surface area contributed by atoms with Crippen LogP contribution in [0.15, 0.2) is 224 Å². The first kappa shape index (κ1) is 33.6. The highest BCUT2D eigenvalue weighted by molar-refractivity contribution is 6.26. The van der Waals surface area contributed by atoms with Crippen molar-refractivity contribution in [2.24, 2.45) is 11.8 Å². The molecule has 0 saturated heterocycles. The van der Waals surface area contributed by atoms with E-state index in [0.717, 1.165) is 23.1 Å². The Bertz CT molecular complexity index is 2720. The minimum atomic E-state index is 0.473. The van der Waals surface area contributed by atoms with Gasteiger partial charge in [-0.3, -0.25) is 0 Å². The van der Waals surface area contributed by atoms with Crippen LogP contribution in [0.25, 0.3) is 44.6 Å². The van der Waals surface area contributed by atoms with Crippen LogP contribution in [-0.4, -0.2) is 0 Å². The second-order valence-corrected chi connectivity index (χ2v) is 14.8. The lowest BCUT2D eigenvalue weighted by atomic mass is 9.75. The fraction of sp³-hybridized carbons (Fsp3) is 0.0536. The van der Waals surface area contributed by atoms with Gasteiger partial charge in [0.2, 0.25) is 0 Å². The largest absolute Gasteiger partial charge is 0.119 e. The molecule has 0 heterocycles. The summed E-state index contributed by atoms with van der Waals surface area (Å²) in [6.45, 7) is 0. The summed E-state index contributed by atoms with van der Waals surface area (Å²) >= 11 is 0. The minimum Gasteiger partial charge on any atom is -0.119 e. The van der Waals surface area contributed by atoms with Crippen LogP contribution in [0.2, 0.25) is 0 Å². The number of fused-ring (bicyclic) bond motifs is 1. The molecule has 2 unspecified atom stereocenters. The van der Waals surface area contributed by atoms with Gasteiger partial charge in [0.25, 0.3) is 0 Å². The molecule has 0 aliphatic heterocycles. The number of benzene rings is 7. The number of rotatable bonds is 8. The first-order valence-corrected chi connectivity index (χ1v) is 19.7. The Morgan fingerprint density at radius 3 is 0.893 bits per heavy atom. The van der Waals surface area contributed by atoms with Crippen LogP contribution in [0.5, 0.6) is 0 Å². The van der Waals surface area contributed by atoms with E-state index in [4.69, 9.17) is 0 Å². The van der Waals surface area contributed by atoms with Crippen LogP contribution in [-0.2, 0) is 0 Å². The fourth-order valence-electron chi connectivity index (χ4n) is 8.95. The normalized spacial score (nSPS) is 17.6. The summed E-state index contributed by atoms with van der Waals surface area (Å²) in [5.74, 6) is 0.964. The zero-order valence-corrected chi connectivity index (χ0v) is 31.1. The van der Waals surface area contributed by atoms with Crippen LogP contribution in [0.4, 0.5) is 0 Å². The Morgan fingerprint density at radius 1 is 0.268 bits per heavy atom. The van der Waals surface area contributed by atoms with E-state index >= 15 is 0 Å². The third-order valence-corrected chi connectivity index (χ3v) is 11.5. The van der Waals surface area contributed by atoms with Crippen molar-refractivity contribution in [1.82, 2.24) is 0 Å². The summed E-state index contributed by atoms with van der Waals surface area (Å²) in [7, 11) is 0. The summed E-state index contributed by atoms with van der Waals surface area (Å²) < 4.78 is 0. The third-order valence-electron chi connectivity index (χ3n) is 11.5. The van der Waals surface area contributed by atoms with E-state index in [-0.39, 0.29) is 0 Å². The molecule has 0 spiro atoms. The van der Waals surface area contributed by atoms with Crippen molar-refractivity contribution in [3.05, 3.63) is 269 Å². The van der Waals surface area contributed by atoms with Gasteiger partial charge >= 0.3 is 0 Å². The van der Waals surface area contributed by atoms with E-state index in [9.17, 15) is 0 Å². The Hall–Kier alpha value is -6.98.